The smallest absolute Gasteiger partial charge is 0.115 e. The molecule has 0 spiro atoms. The van der Waals surface area contributed by atoms with Gasteiger partial charge in [0.25, 0.3) is 0 Å². The quantitative estimate of drug-likeness (QED) is 0.853. The molecule has 0 fully saturated rings. The third-order valence-corrected chi connectivity index (χ3v) is 3.19. The van der Waals surface area contributed by atoms with Gasteiger partial charge in [0.2, 0.25) is 0 Å². The molecule has 0 amide bonds. The van der Waals surface area contributed by atoms with Crippen molar-refractivity contribution in [2.24, 2.45) is 0 Å². The fourth-order valence-corrected chi connectivity index (χ4v) is 2.07. The van der Waals surface area contributed by atoms with Crippen LogP contribution in [0.25, 0.3) is 0 Å². The number of phenolic OH excluding ortho intramolecular Hbond substituents is 1. The summed E-state index contributed by atoms with van der Waals surface area (Å²) in [5.41, 5.74) is 2.46. The van der Waals surface area contributed by atoms with Crippen molar-refractivity contribution >= 4 is 0 Å². The molecule has 2 aromatic rings. The van der Waals surface area contributed by atoms with Crippen LogP contribution < -0.4 is 5.32 Å². The molecule has 0 aromatic heterocycles. The van der Waals surface area contributed by atoms with Gasteiger partial charge >= 0.3 is 0 Å². The van der Waals surface area contributed by atoms with Crippen LogP contribution in [0.5, 0.6) is 5.75 Å². The molecule has 2 N–H and O–H groups in total. The van der Waals surface area contributed by atoms with Gasteiger partial charge in [-0.15, -0.1) is 0 Å². The van der Waals surface area contributed by atoms with E-state index >= 15 is 0 Å². The number of benzene rings is 2. The van der Waals surface area contributed by atoms with Gasteiger partial charge in [-0.05, 0) is 37.1 Å². The highest BCUT2D eigenvalue weighted by Crippen LogP contribution is 2.20. The van der Waals surface area contributed by atoms with Gasteiger partial charge in [-0.3, -0.25) is 0 Å². The lowest BCUT2D eigenvalue weighted by Crippen LogP contribution is -2.22. The van der Waals surface area contributed by atoms with E-state index in [2.05, 4.69) is 43.4 Å². The molecule has 2 aromatic carbocycles. The van der Waals surface area contributed by atoms with Gasteiger partial charge in [-0.25, -0.2) is 0 Å². The van der Waals surface area contributed by atoms with Crippen LogP contribution in [0.4, 0.5) is 0 Å². The average molecular weight is 241 g/mol. The zero-order valence-electron chi connectivity index (χ0n) is 10.8. The van der Waals surface area contributed by atoms with Gasteiger partial charge < -0.3 is 10.4 Å². The second-order valence-corrected chi connectivity index (χ2v) is 4.61. The number of rotatable bonds is 4. The highest BCUT2D eigenvalue weighted by atomic mass is 16.3. The standard InChI is InChI=1S/C16H19NO/c1-12(14-6-4-3-5-7-14)17-13(2)15-8-10-16(18)11-9-15/h3-13,17-18H,1-2H3/t12-,13?/m0/s1. The van der Waals surface area contributed by atoms with Crippen molar-refractivity contribution in [3.05, 3.63) is 65.7 Å². The lowest BCUT2D eigenvalue weighted by atomic mass is 10.0. The lowest BCUT2D eigenvalue weighted by Gasteiger charge is -2.20. The first-order valence-electron chi connectivity index (χ1n) is 6.27. The summed E-state index contributed by atoms with van der Waals surface area (Å²) in [4.78, 5) is 0. The van der Waals surface area contributed by atoms with Crippen LogP contribution in [0, 0.1) is 0 Å². The Labute approximate surface area is 108 Å². The van der Waals surface area contributed by atoms with Gasteiger partial charge in [0.1, 0.15) is 5.75 Å². The second-order valence-electron chi connectivity index (χ2n) is 4.61. The van der Waals surface area contributed by atoms with E-state index in [9.17, 15) is 5.11 Å². The predicted molar refractivity (Wildman–Crippen MR) is 74.5 cm³/mol. The van der Waals surface area contributed by atoms with E-state index in [4.69, 9.17) is 0 Å². The molecule has 2 rings (SSSR count). The van der Waals surface area contributed by atoms with Crippen molar-refractivity contribution in [3.8, 4) is 5.75 Å². The molecule has 0 aliphatic rings. The SMILES string of the molecule is CC(N[C@@H](C)c1ccccc1)c1ccc(O)cc1. The minimum Gasteiger partial charge on any atom is -0.508 e. The third kappa shape index (κ3) is 3.11. The van der Waals surface area contributed by atoms with Gasteiger partial charge in [-0.1, -0.05) is 42.5 Å². The van der Waals surface area contributed by atoms with E-state index in [0.717, 1.165) is 0 Å². The molecule has 0 heterocycles. The first-order valence-corrected chi connectivity index (χ1v) is 6.27. The molecule has 0 aliphatic heterocycles. The van der Waals surface area contributed by atoms with Gasteiger partial charge in [0, 0.05) is 12.1 Å². The van der Waals surface area contributed by atoms with Crippen LogP contribution in [0.1, 0.15) is 37.1 Å². The molecule has 0 saturated heterocycles. The monoisotopic (exact) mass is 241 g/mol. The van der Waals surface area contributed by atoms with Gasteiger partial charge in [-0.2, -0.15) is 0 Å². The lowest BCUT2D eigenvalue weighted by molar-refractivity contribution is 0.472. The van der Waals surface area contributed by atoms with Crippen molar-refractivity contribution in [2.45, 2.75) is 25.9 Å². The number of aromatic hydroxyl groups is 1. The van der Waals surface area contributed by atoms with Gasteiger partial charge in [0.15, 0.2) is 0 Å². The summed E-state index contributed by atoms with van der Waals surface area (Å²) >= 11 is 0. The molecular formula is C16H19NO. The fourth-order valence-electron chi connectivity index (χ4n) is 2.07. The van der Waals surface area contributed by atoms with Crippen molar-refractivity contribution in [1.82, 2.24) is 5.32 Å². The average Bonchev–Trinajstić information content (AvgIpc) is 2.40. The highest BCUT2D eigenvalue weighted by molar-refractivity contribution is 5.28. The molecule has 2 atom stereocenters. The maximum atomic E-state index is 9.28. The second kappa shape index (κ2) is 5.69. The molecule has 0 bridgehead atoms. The third-order valence-electron chi connectivity index (χ3n) is 3.19. The molecule has 0 radical (unpaired) electrons. The van der Waals surface area contributed by atoms with Crippen LogP contribution in [0.15, 0.2) is 54.6 Å². The molecule has 2 heteroatoms. The Morgan fingerprint density at radius 1 is 0.778 bits per heavy atom. The summed E-state index contributed by atoms with van der Waals surface area (Å²) in [6, 6.07) is 18.3. The fraction of sp³-hybridized carbons (Fsp3) is 0.250. The van der Waals surface area contributed by atoms with E-state index in [-0.39, 0.29) is 6.04 Å². The highest BCUT2D eigenvalue weighted by Gasteiger charge is 2.10. The summed E-state index contributed by atoms with van der Waals surface area (Å²) in [7, 11) is 0. The van der Waals surface area contributed by atoms with E-state index in [1.807, 2.05) is 18.2 Å². The molecule has 0 aliphatic carbocycles. The maximum absolute atomic E-state index is 9.28. The van der Waals surface area contributed by atoms with E-state index in [0.29, 0.717) is 11.8 Å². The first kappa shape index (κ1) is 12.7. The Kier molecular flexibility index (Phi) is 4.00. The van der Waals surface area contributed by atoms with Crippen LogP contribution in [-0.2, 0) is 0 Å². The summed E-state index contributed by atoms with van der Waals surface area (Å²) in [6.45, 7) is 4.29. The largest absolute Gasteiger partial charge is 0.508 e. The minimum atomic E-state index is 0.251. The van der Waals surface area contributed by atoms with Crippen molar-refractivity contribution < 1.29 is 5.11 Å². The van der Waals surface area contributed by atoms with Crippen molar-refractivity contribution in [3.63, 3.8) is 0 Å². The normalized spacial score (nSPS) is 14.1. The van der Waals surface area contributed by atoms with Crippen molar-refractivity contribution in [1.29, 1.82) is 0 Å². The number of hydrogen-bond acceptors (Lipinski definition) is 2. The Bertz CT molecular complexity index is 478. The Balaban J connectivity index is 2.03. The van der Waals surface area contributed by atoms with Crippen LogP contribution in [-0.4, -0.2) is 5.11 Å². The first-order chi connectivity index (χ1) is 8.66. The molecule has 94 valence electrons. The zero-order valence-corrected chi connectivity index (χ0v) is 10.8. The van der Waals surface area contributed by atoms with E-state index in [1.165, 1.54) is 11.1 Å². The Hall–Kier alpha value is -1.80. The number of hydrogen-bond donors (Lipinski definition) is 2. The minimum absolute atomic E-state index is 0.251. The van der Waals surface area contributed by atoms with Crippen LogP contribution in [0.3, 0.4) is 0 Å². The number of nitrogens with one attached hydrogen (secondary N) is 1. The molecule has 0 saturated carbocycles. The Morgan fingerprint density at radius 2 is 1.28 bits per heavy atom. The molecule has 1 unspecified atom stereocenters. The van der Waals surface area contributed by atoms with Crippen LogP contribution in [0.2, 0.25) is 0 Å². The predicted octanol–water partition coefficient (Wildman–Crippen LogP) is 3.80. The molecule has 18 heavy (non-hydrogen) atoms. The van der Waals surface area contributed by atoms with Crippen LogP contribution >= 0.6 is 0 Å². The number of phenols is 1. The van der Waals surface area contributed by atoms with Crippen molar-refractivity contribution in [2.75, 3.05) is 0 Å². The summed E-state index contributed by atoms with van der Waals surface area (Å²) in [5.74, 6) is 0.307. The summed E-state index contributed by atoms with van der Waals surface area (Å²) < 4.78 is 0. The molecular weight excluding hydrogens is 222 g/mol. The summed E-state index contributed by atoms with van der Waals surface area (Å²) in [5, 5.41) is 12.8. The Morgan fingerprint density at radius 3 is 1.83 bits per heavy atom. The molecule has 2 nitrogen and oxygen atoms in total. The summed E-state index contributed by atoms with van der Waals surface area (Å²) in [6.07, 6.45) is 0. The topological polar surface area (TPSA) is 32.3 Å². The maximum Gasteiger partial charge on any atom is 0.115 e. The van der Waals surface area contributed by atoms with E-state index in [1.54, 1.807) is 12.1 Å². The van der Waals surface area contributed by atoms with E-state index < -0.39 is 0 Å². The zero-order chi connectivity index (χ0) is 13.0. The van der Waals surface area contributed by atoms with Gasteiger partial charge in [0.05, 0.1) is 0 Å².